The number of carbonyl (C=O) groups excluding carboxylic acids is 2. The van der Waals surface area contributed by atoms with Crippen LogP contribution in [0.1, 0.15) is 58.2 Å². The highest BCUT2D eigenvalue weighted by molar-refractivity contribution is 7.09. The summed E-state index contributed by atoms with van der Waals surface area (Å²) in [6.07, 6.45) is 7.41. The molecular formula is C30H36N6O3S. The Bertz CT molecular complexity index is 1520. The van der Waals surface area contributed by atoms with Crippen molar-refractivity contribution in [3.05, 3.63) is 68.3 Å². The smallest absolute Gasteiger partial charge is 0.261 e. The molecule has 0 saturated carbocycles. The van der Waals surface area contributed by atoms with Gasteiger partial charge in [-0.1, -0.05) is 13.0 Å². The van der Waals surface area contributed by atoms with Gasteiger partial charge in [0.2, 0.25) is 0 Å². The first-order valence-corrected chi connectivity index (χ1v) is 14.8. The molecule has 1 saturated heterocycles. The number of anilines is 1. The molecule has 0 aliphatic carbocycles. The summed E-state index contributed by atoms with van der Waals surface area (Å²) in [6.45, 7) is 5.94. The minimum Gasteiger partial charge on any atom is -0.381 e. The molecule has 5 rings (SSSR count). The van der Waals surface area contributed by atoms with Crippen LogP contribution >= 0.6 is 11.3 Å². The molecule has 0 bridgehead atoms. The fourth-order valence-corrected chi connectivity index (χ4v) is 6.13. The summed E-state index contributed by atoms with van der Waals surface area (Å²) in [5, 5.41) is 5.60. The minimum atomic E-state index is -0.278. The van der Waals surface area contributed by atoms with Crippen LogP contribution in [-0.4, -0.2) is 76.2 Å². The van der Waals surface area contributed by atoms with Gasteiger partial charge < -0.3 is 25.1 Å². The molecule has 40 heavy (non-hydrogen) atoms. The average Bonchev–Trinajstić information content (AvgIpc) is 3.74. The van der Waals surface area contributed by atoms with Gasteiger partial charge in [-0.05, 0) is 75.0 Å². The van der Waals surface area contributed by atoms with E-state index < -0.39 is 0 Å². The molecule has 210 valence electrons. The van der Waals surface area contributed by atoms with Gasteiger partial charge in [0.05, 0.1) is 22.3 Å². The molecule has 4 aromatic rings. The number of hydrogen-bond donors (Lipinski definition) is 3. The quantitative estimate of drug-likeness (QED) is 0.215. The van der Waals surface area contributed by atoms with Crippen molar-refractivity contribution in [2.75, 3.05) is 38.5 Å². The van der Waals surface area contributed by atoms with E-state index >= 15 is 0 Å². The Morgan fingerprint density at radius 1 is 1.27 bits per heavy atom. The van der Waals surface area contributed by atoms with Crippen LogP contribution in [0.25, 0.3) is 22.4 Å². The molecule has 1 aliphatic heterocycles. The lowest BCUT2D eigenvalue weighted by atomic mass is 10.1. The van der Waals surface area contributed by atoms with Crippen molar-refractivity contribution in [3.63, 3.8) is 0 Å². The summed E-state index contributed by atoms with van der Waals surface area (Å²) < 4.78 is 0. The molecule has 1 amide bonds. The summed E-state index contributed by atoms with van der Waals surface area (Å²) in [7, 11) is 1.77. The second-order valence-corrected chi connectivity index (χ2v) is 11.4. The van der Waals surface area contributed by atoms with Crippen molar-refractivity contribution in [2.24, 2.45) is 0 Å². The van der Waals surface area contributed by atoms with Crippen molar-refractivity contribution < 1.29 is 9.59 Å². The molecule has 3 aromatic heterocycles. The zero-order valence-corrected chi connectivity index (χ0v) is 23.9. The van der Waals surface area contributed by atoms with Crippen LogP contribution < -0.4 is 10.9 Å². The zero-order chi connectivity index (χ0) is 28.1. The number of fused-ring (bicyclic) bond motifs is 1. The number of nitrogens with one attached hydrogen (secondary N) is 3. The standard InChI is InChI=1S/C30H36N6O3S/c1-3-21(17-22-8-6-15-40-22)32-24-9-10-31-29(38)27(24)28-33-25-16-20(19-37)23(18-26(25)34-28)30(39)35(2)11-7-14-36-12-4-5-13-36/h6,8-10,15-16,18-19,21H,3-5,7,11-14,17H2,1-2H3,(H,33,34)(H2,31,32,38). The van der Waals surface area contributed by atoms with Gasteiger partial charge in [-0.25, -0.2) is 4.98 Å². The van der Waals surface area contributed by atoms with Gasteiger partial charge in [0.1, 0.15) is 11.4 Å². The van der Waals surface area contributed by atoms with Crippen LogP contribution in [0.5, 0.6) is 0 Å². The Morgan fingerprint density at radius 3 is 2.83 bits per heavy atom. The van der Waals surface area contributed by atoms with Crippen molar-refractivity contribution >= 4 is 40.3 Å². The molecule has 1 aliphatic rings. The molecule has 0 spiro atoms. The highest BCUT2D eigenvalue weighted by Crippen LogP contribution is 2.27. The number of H-pyrrole nitrogens is 2. The number of benzene rings is 1. The largest absolute Gasteiger partial charge is 0.381 e. The van der Waals surface area contributed by atoms with E-state index in [9.17, 15) is 14.4 Å². The Balaban J connectivity index is 1.39. The van der Waals surface area contributed by atoms with Crippen molar-refractivity contribution in [1.29, 1.82) is 0 Å². The number of pyridine rings is 1. The molecule has 4 heterocycles. The number of nitrogens with zero attached hydrogens (tertiary/aromatic N) is 3. The first kappa shape index (κ1) is 27.8. The summed E-state index contributed by atoms with van der Waals surface area (Å²) >= 11 is 1.71. The first-order valence-electron chi connectivity index (χ1n) is 13.9. The van der Waals surface area contributed by atoms with E-state index in [1.165, 1.54) is 17.7 Å². The Labute approximate surface area is 237 Å². The number of likely N-dealkylation sites (tertiary alicyclic amines) is 1. The molecule has 1 aromatic carbocycles. The number of thiophene rings is 1. The normalized spacial score (nSPS) is 14.4. The van der Waals surface area contributed by atoms with Gasteiger partial charge in [0.25, 0.3) is 11.5 Å². The number of aldehydes is 1. The lowest BCUT2D eigenvalue weighted by molar-refractivity contribution is 0.0786. The van der Waals surface area contributed by atoms with E-state index in [1.807, 2.05) is 12.1 Å². The van der Waals surface area contributed by atoms with E-state index in [4.69, 9.17) is 4.98 Å². The Morgan fingerprint density at radius 2 is 2.10 bits per heavy atom. The van der Waals surface area contributed by atoms with Crippen LogP contribution in [0.3, 0.4) is 0 Å². The van der Waals surface area contributed by atoms with Gasteiger partial charge in [-0.3, -0.25) is 14.4 Å². The molecule has 3 N–H and O–H groups in total. The maximum Gasteiger partial charge on any atom is 0.261 e. The van der Waals surface area contributed by atoms with Gasteiger partial charge in [-0.15, -0.1) is 11.3 Å². The molecule has 9 nitrogen and oxygen atoms in total. The molecule has 1 atom stereocenters. The van der Waals surface area contributed by atoms with E-state index in [1.54, 1.807) is 41.6 Å². The third-order valence-electron chi connectivity index (χ3n) is 7.60. The van der Waals surface area contributed by atoms with Crippen LogP contribution in [0.4, 0.5) is 5.69 Å². The number of aromatic amines is 2. The molecule has 0 radical (unpaired) electrons. The maximum atomic E-state index is 13.3. The number of hydrogen-bond acceptors (Lipinski definition) is 7. The highest BCUT2D eigenvalue weighted by atomic mass is 32.1. The summed E-state index contributed by atoms with van der Waals surface area (Å²) in [4.78, 5) is 54.3. The van der Waals surface area contributed by atoms with Crippen LogP contribution in [-0.2, 0) is 6.42 Å². The van der Waals surface area contributed by atoms with E-state index in [0.717, 1.165) is 38.9 Å². The Kier molecular flexibility index (Phi) is 8.76. The summed E-state index contributed by atoms with van der Waals surface area (Å²) in [6, 6.07) is 9.41. The lowest BCUT2D eigenvalue weighted by Crippen LogP contribution is -2.31. The zero-order valence-electron chi connectivity index (χ0n) is 23.0. The average molecular weight is 561 g/mol. The molecule has 10 heteroatoms. The fourth-order valence-electron chi connectivity index (χ4n) is 5.34. The molecule has 1 fully saturated rings. The number of carbonyl (C=O) groups is 2. The summed E-state index contributed by atoms with van der Waals surface area (Å²) in [5.74, 6) is 0.167. The highest BCUT2D eigenvalue weighted by Gasteiger charge is 2.21. The van der Waals surface area contributed by atoms with Gasteiger partial charge in [0.15, 0.2) is 6.29 Å². The van der Waals surface area contributed by atoms with Gasteiger partial charge >= 0.3 is 0 Å². The second kappa shape index (κ2) is 12.6. The lowest BCUT2D eigenvalue weighted by Gasteiger charge is -2.20. The van der Waals surface area contributed by atoms with Gasteiger partial charge in [-0.2, -0.15) is 0 Å². The van der Waals surface area contributed by atoms with Crippen molar-refractivity contribution in [3.8, 4) is 11.4 Å². The third kappa shape index (κ3) is 6.18. The van der Waals surface area contributed by atoms with Gasteiger partial charge in [0, 0.05) is 42.7 Å². The SMILES string of the molecule is CCC(Cc1cccs1)Nc1cc[nH]c(=O)c1-c1nc2cc(C(=O)N(C)CCCN3CCCC3)c(C=O)cc2[nH]1. The van der Waals surface area contributed by atoms with Crippen molar-refractivity contribution in [1.82, 2.24) is 24.8 Å². The second-order valence-electron chi connectivity index (χ2n) is 10.4. The molecule has 1 unspecified atom stereocenters. The predicted octanol–water partition coefficient (Wildman–Crippen LogP) is 4.78. The number of rotatable bonds is 12. The third-order valence-corrected chi connectivity index (χ3v) is 8.50. The molecular weight excluding hydrogens is 524 g/mol. The van der Waals surface area contributed by atoms with Crippen molar-refractivity contribution in [2.45, 2.75) is 45.1 Å². The van der Waals surface area contributed by atoms with Crippen LogP contribution in [0.2, 0.25) is 0 Å². The van der Waals surface area contributed by atoms with E-state index in [-0.39, 0.29) is 17.5 Å². The van der Waals surface area contributed by atoms with Crippen LogP contribution in [0.15, 0.2) is 46.7 Å². The minimum absolute atomic E-state index is 0.135. The monoisotopic (exact) mass is 560 g/mol. The topological polar surface area (TPSA) is 114 Å². The van der Waals surface area contributed by atoms with E-state index in [2.05, 4.69) is 38.6 Å². The maximum absolute atomic E-state index is 13.3. The van der Waals surface area contributed by atoms with Crippen LogP contribution in [0, 0.1) is 0 Å². The number of imidazole rings is 1. The van der Waals surface area contributed by atoms with E-state index in [0.29, 0.717) is 52.1 Å². The number of aromatic nitrogens is 3. The number of amides is 1. The summed E-state index contributed by atoms with van der Waals surface area (Å²) in [5.41, 5.74) is 2.51. The fraction of sp³-hybridized carbons (Fsp3) is 0.400. The predicted molar refractivity (Wildman–Crippen MR) is 161 cm³/mol. The first-order chi connectivity index (χ1) is 19.5. The Hall–Kier alpha value is -3.76.